The van der Waals surface area contributed by atoms with E-state index in [1.807, 2.05) is 7.05 Å². The van der Waals surface area contributed by atoms with Gasteiger partial charge in [0.05, 0.1) is 13.2 Å². The Morgan fingerprint density at radius 2 is 1.95 bits per heavy atom. The Morgan fingerprint density at radius 3 is 2.62 bits per heavy atom. The van der Waals surface area contributed by atoms with Crippen LogP contribution in [0.25, 0.3) is 0 Å². The van der Waals surface area contributed by atoms with Crippen molar-refractivity contribution >= 4 is 5.96 Å². The van der Waals surface area contributed by atoms with Gasteiger partial charge in [0.2, 0.25) is 0 Å². The zero-order valence-electron chi connectivity index (χ0n) is 13.9. The lowest BCUT2D eigenvalue weighted by Gasteiger charge is -2.29. The molecular formula is C15H32N4O2. The van der Waals surface area contributed by atoms with Crippen LogP contribution < -0.4 is 10.6 Å². The molecule has 0 aromatic rings. The summed E-state index contributed by atoms with van der Waals surface area (Å²) in [5.41, 5.74) is 0. The second kappa shape index (κ2) is 11.8. The molecule has 0 amide bonds. The van der Waals surface area contributed by atoms with Crippen LogP contribution in [0.2, 0.25) is 0 Å². The summed E-state index contributed by atoms with van der Waals surface area (Å²) in [5.74, 6) is 1.66. The van der Waals surface area contributed by atoms with E-state index < -0.39 is 0 Å². The Bertz CT molecular complexity index is 279. The largest absolute Gasteiger partial charge is 0.382 e. The maximum Gasteiger partial charge on any atom is 0.190 e. The molecule has 0 aliphatic carbocycles. The van der Waals surface area contributed by atoms with Crippen LogP contribution in [-0.2, 0) is 9.47 Å². The van der Waals surface area contributed by atoms with Crippen molar-refractivity contribution in [2.24, 2.45) is 10.9 Å². The third kappa shape index (κ3) is 8.90. The molecular weight excluding hydrogens is 268 g/mol. The van der Waals surface area contributed by atoms with Gasteiger partial charge in [-0.2, -0.15) is 0 Å². The first-order valence-corrected chi connectivity index (χ1v) is 7.96. The van der Waals surface area contributed by atoms with Crippen LogP contribution in [0.4, 0.5) is 0 Å². The fourth-order valence-electron chi connectivity index (χ4n) is 2.35. The first kappa shape index (κ1) is 18.2. The molecule has 0 saturated carbocycles. The number of rotatable bonds is 9. The number of ether oxygens (including phenoxy) is 2. The Morgan fingerprint density at radius 1 is 1.19 bits per heavy atom. The zero-order chi connectivity index (χ0) is 15.3. The summed E-state index contributed by atoms with van der Waals surface area (Å²) in [4.78, 5) is 6.65. The second-order valence-electron chi connectivity index (χ2n) is 5.59. The van der Waals surface area contributed by atoms with Gasteiger partial charge in [-0.15, -0.1) is 0 Å². The molecule has 124 valence electrons. The van der Waals surface area contributed by atoms with Gasteiger partial charge < -0.3 is 25.0 Å². The predicted molar refractivity (Wildman–Crippen MR) is 86.9 cm³/mol. The van der Waals surface area contributed by atoms with Gasteiger partial charge in [0.25, 0.3) is 0 Å². The number of hydrogen-bond acceptors (Lipinski definition) is 4. The minimum absolute atomic E-state index is 0.660. The van der Waals surface area contributed by atoms with Crippen molar-refractivity contribution in [3.8, 4) is 0 Å². The molecule has 21 heavy (non-hydrogen) atoms. The fourth-order valence-corrected chi connectivity index (χ4v) is 2.35. The number of nitrogens with zero attached hydrogens (tertiary/aromatic N) is 2. The molecule has 1 aliphatic heterocycles. The van der Waals surface area contributed by atoms with E-state index in [9.17, 15) is 0 Å². The van der Waals surface area contributed by atoms with E-state index in [0.29, 0.717) is 13.2 Å². The standard InChI is InChI=1S/C15H32N4O2/c1-16-15(17-7-4-10-21-12-11-20-3)18-13-14-5-8-19(2)9-6-14/h14H,4-13H2,1-3H3,(H2,16,17,18). The van der Waals surface area contributed by atoms with Crippen LogP contribution in [0.1, 0.15) is 19.3 Å². The molecule has 0 spiro atoms. The minimum Gasteiger partial charge on any atom is -0.382 e. The predicted octanol–water partition coefficient (Wildman–Crippen LogP) is 0.546. The van der Waals surface area contributed by atoms with E-state index in [1.54, 1.807) is 7.11 Å². The highest BCUT2D eigenvalue weighted by molar-refractivity contribution is 5.79. The van der Waals surface area contributed by atoms with Crippen molar-refractivity contribution in [2.75, 3.05) is 67.2 Å². The van der Waals surface area contributed by atoms with Gasteiger partial charge >= 0.3 is 0 Å². The third-order valence-corrected chi connectivity index (χ3v) is 3.81. The highest BCUT2D eigenvalue weighted by Crippen LogP contribution is 2.14. The van der Waals surface area contributed by atoms with Crippen molar-refractivity contribution in [1.29, 1.82) is 0 Å². The highest BCUT2D eigenvalue weighted by Gasteiger charge is 2.16. The third-order valence-electron chi connectivity index (χ3n) is 3.81. The lowest BCUT2D eigenvalue weighted by Crippen LogP contribution is -2.42. The monoisotopic (exact) mass is 300 g/mol. The average molecular weight is 300 g/mol. The summed E-state index contributed by atoms with van der Waals surface area (Å²) < 4.78 is 10.4. The highest BCUT2D eigenvalue weighted by atomic mass is 16.5. The lowest BCUT2D eigenvalue weighted by molar-refractivity contribution is 0.0698. The van der Waals surface area contributed by atoms with Crippen molar-refractivity contribution in [3.05, 3.63) is 0 Å². The SMILES string of the molecule is CN=C(NCCCOCCOC)NCC1CCN(C)CC1. The number of methoxy groups -OCH3 is 1. The average Bonchev–Trinajstić information content (AvgIpc) is 2.51. The van der Waals surface area contributed by atoms with Crippen LogP contribution >= 0.6 is 0 Å². The fraction of sp³-hybridized carbons (Fsp3) is 0.933. The topological polar surface area (TPSA) is 58.1 Å². The van der Waals surface area contributed by atoms with E-state index >= 15 is 0 Å². The summed E-state index contributed by atoms with van der Waals surface area (Å²) >= 11 is 0. The van der Waals surface area contributed by atoms with Crippen LogP contribution in [0.5, 0.6) is 0 Å². The van der Waals surface area contributed by atoms with Gasteiger partial charge in [0.15, 0.2) is 5.96 Å². The number of likely N-dealkylation sites (tertiary alicyclic amines) is 1. The van der Waals surface area contributed by atoms with Gasteiger partial charge in [-0.1, -0.05) is 0 Å². The summed E-state index contributed by atoms with van der Waals surface area (Å²) in [6, 6.07) is 0. The molecule has 1 heterocycles. The smallest absolute Gasteiger partial charge is 0.190 e. The molecule has 0 bridgehead atoms. The molecule has 6 heteroatoms. The maximum atomic E-state index is 5.42. The first-order chi connectivity index (χ1) is 10.3. The Kier molecular flexibility index (Phi) is 10.2. The van der Waals surface area contributed by atoms with E-state index in [1.165, 1.54) is 25.9 Å². The van der Waals surface area contributed by atoms with Gasteiger partial charge in [0.1, 0.15) is 0 Å². The van der Waals surface area contributed by atoms with E-state index in [4.69, 9.17) is 9.47 Å². The molecule has 1 saturated heterocycles. The normalized spacial score (nSPS) is 18.0. The van der Waals surface area contributed by atoms with Crippen molar-refractivity contribution < 1.29 is 9.47 Å². The second-order valence-corrected chi connectivity index (χ2v) is 5.59. The maximum absolute atomic E-state index is 5.42. The first-order valence-electron chi connectivity index (χ1n) is 7.96. The number of piperidine rings is 1. The Balaban J connectivity index is 2.01. The summed E-state index contributed by atoms with van der Waals surface area (Å²) in [6.07, 6.45) is 3.51. The van der Waals surface area contributed by atoms with Gasteiger partial charge in [-0.3, -0.25) is 4.99 Å². The van der Waals surface area contributed by atoms with Crippen LogP contribution in [-0.4, -0.2) is 78.1 Å². The number of nitrogens with one attached hydrogen (secondary N) is 2. The Hall–Kier alpha value is -0.850. The van der Waals surface area contributed by atoms with Gasteiger partial charge in [-0.25, -0.2) is 0 Å². The van der Waals surface area contributed by atoms with Gasteiger partial charge in [0, 0.05) is 33.9 Å². The Labute approximate surface area is 129 Å². The molecule has 0 aromatic carbocycles. The van der Waals surface area contributed by atoms with Crippen molar-refractivity contribution in [3.63, 3.8) is 0 Å². The number of hydrogen-bond donors (Lipinski definition) is 2. The summed E-state index contributed by atoms with van der Waals surface area (Å²) in [5, 5.41) is 6.75. The zero-order valence-corrected chi connectivity index (χ0v) is 13.9. The van der Waals surface area contributed by atoms with E-state index in [2.05, 4.69) is 27.6 Å². The lowest BCUT2D eigenvalue weighted by atomic mass is 9.97. The molecule has 0 unspecified atom stereocenters. The number of guanidine groups is 1. The minimum atomic E-state index is 0.660. The van der Waals surface area contributed by atoms with Crippen molar-refractivity contribution in [2.45, 2.75) is 19.3 Å². The molecule has 1 aliphatic rings. The molecule has 6 nitrogen and oxygen atoms in total. The molecule has 0 aromatic heterocycles. The summed E-state index contributed by atoms with van der Waals surface area (Å²) in [7, 11) is 5.70. The van der Waals surface area contributed by atoms with Crippen LogP contribution in [0, 0.1) is 5.92 Å². The van der Waals surface area contributed by atoms with Crippen LogP contribution in [0.3, 0.4) is 0 Å². The summed E-state index contributed by atoms with van der Waals surface area (Å²) in [6.45, 7) is 6.38. The van der Waals surface area contributed by atoms with E-state index in [-0.39, 0.29) is 0 Å². The molecule has 1 rings (SSSR count). The van der Waals surface area contributed by atoms with Gasteiger partial charge in [-0.05, 0) is 45.3 Å². The number of aliphatic imine (C=N–C) groups is 1. The van der Waals surface area contributed by atoms with Crippen molar-refractivity contribution in [1.82, 2.24) is 15.5 Å². The molecule has 1 fully saturated rings. The quantitative estimate of drug-likeness (QED) is 0.370. The van der Waals surface area contributed by atoms with Crippen LogP contribution in [0.15, 0.2) is 4.99 Å². The van der Waals surface area contributed by atoms with E-state index in [0.717, 1.165) is 38.0 Å². The molecule has 0 atom stereocenters. The molecule has 2 N–H and O–H groups in total. The molecule has 0 radical (unpaired) electrons.